The van der Waals surface area contributed by atoms with Crippen molar-refractivity contribution in [1.29, 1.82) is 0 Å². The zero-order valence-electron chi connectivity index (χ0n) is 10.00. The summed E-state index contributed by atoms with van der Waals surface area (Å²) in [6.45, 7) is 0. The summed E-state index contributed by atoms with van der Waals surface area (Å²) in [7, 11) is 3.34. The molecule has 0 saturated heterocycles. The van der Waals surface area contributed by atoms with E-state index in [4.69, 9.17) is 4.74 Å². The van der Waals surface area contributed by atoms with Crippen LogP contribution in [-0.2, 0) is 9.53 Å². The number of ether oxygens (including phenoxy) is 1. The van der Waals surface area contributed by atoms with Crippen LogP contribution in [0.4, 0.5) is 0 Å². The number of hydrogen-bond acceptors (Lipinski definition) is 3. The van der Waals surface area contributed by atoms with E-state index in [1.54, 1.807) is 0 Å². The Bertz CT molecular complexity index is 429. The smallest absolute Gasteiger partial charge is 0.313 e. The van der Waals surface area contributed by atoms with E-state index in [0.717, 1.165) is 22.9 Å². The van der Waals surface area contributed by atoms with E-state index < -0.39 is 0 Å². The predicted octanol–water partition coefficient (Wildman–Crippen LogP) is 2.66. The predicted molar refractivity (Wildman–Crippen MR) is 69.6 cm³/mol. The number of methoxy groups -OCH3 is 1. The number of nitrogens with one attached hydrogen (secondary N) is 1. The standard InChI is InChI=1S/C13H16BrNO2/c1-15-11(9-5-3-4-6-10(9)14)13(7-8-13)12(16)17-2/h3-6,11,15H,7-8H2,1-2H3. The fraction of sp³-hybridized carbons (Fsp3) is 0.462. The molecule has 92 valence electrons. The zero-order chi connectivity index (χ0) is 12.5. The fourth-order valence-corrected chi connectivity index (χ4v) is 2.90. The SMILES string of the molecule is CNC(c1ccccc1Br)C1(C(=O)OC)CC1. The molecule has 17 heavy (non-hydrogen) atoms. The Balaban J connectivity index is 2.35. The second-order valence-corrected chi connectivity index (χ2v) is 5.25. The van der Waals surface area contributed by atoms with Gasteiger partial charge in [-0.25, -0.2) is 0 Å². The van der Waals surface area contributed by atoms with Crippen molar-refractivity contribution in [3.05, 3.63) is 34.3 Å². The highest BCUT2D eigenvalue weighted by molar-refractivity contribution is 9.10. The van der Waals surface area contributed by atoms with E-state index in [1.165, 1.54) is 7.11 Å². The van der Waals surface area contributed by atoms with E-state index in [9.17, 15) is 4.79 Å². The van der Waals surface area contributed by atoms with Crippen LogP contribution >= 0.6 is 15.9 Å². The van der Waals surface area contributed by atoms with Gasteiger partial charge in [0.05, 0.1) is 12.5 Å². The van der Waals surface area contributed by atoms with Crippen molar-refractivity contribution in [2.45, 2.75) is 18.9 Å². The molecular weight excluding hydrogens is 282 g/mol. The third-order valence-electron chi connectivity index (χ3n) is 3.44. The molecule has 0 radical (unpaired) electrons. The van der Waals surface area contributed by atoms with Crippen molar-refractivity contribution >= 4 is 21.9 Å². The Morgan fingerprint density at radius 3 is 2.59 bits per heavy atom. The molecular formula is C13H16BrNO2. The molecule has 1 aliphatic carbocycles. The molecule has 1 aliphatic rings. The van der Waals surface area contributed by atoms with Gasteiger partial charge in [-0.05, 0) is 31.5 Å². The molecule has 0 aromatic heterocycles. The molecule has 1 aromatic carbocycles. The molecule has 1 atom stereocenters. The van der Waals surface area contributed by atoms with E-state index in [-0.39, 0.29) is 17.4 Å². The first kappa shape index (κ1) is 12.6. The Hall–Kier alpha value is -0.870. The minimum absolute atomic E-state index is 0.00512. The van der Waals surface area contributed by atoms with Gasteiger partial charge in [-0.3, -0.25) is 4.79 Å². The van der Waals surface area contributed by atoms with Gasteiger partial charge in [0.15, 0.2) is 0 Å². The Labute approximate surface area is 110 Å². The van der Waals surface area contributed by atoms with E-state index in [2.05, 4.69) is 21.2 Å². The number of esters is 1. The quantitative estimate of drug-likeness (QED) is 0.869. The van der Waals surface area contributed by atoms with Crippen LogP contribution in [0.1, 0.15) is 24.4 Å². The van der Waals surface area contributed by atoms with Gasteiger partial charge in [-0.15, -0.1) is 0 Å². The molecule has 0 spiro atoms. The van der Waals surface area contributed by atoms with Crippen LogP contribution in [0.2, 0.25) is 0 Å². The topological polar surface area (TPSA) is 38.3 Å². The minimum Gasteiger partial charge on any atom is -0.469 e. The van der Waals surface area contributed by atoms with Gasteiger partial charge in [-0.1, -0.05) is 34.1 Å². The third kappa shape index (κ3) is 2.11. The summed E-state index contributed by atoms with van der Waals surface area (Å²) in [5.74, 6) is -0.118. The lowest BCUT2D eigenvalue weighted by atomic mass is 9.90. The summed E-state index contributed by atoms with van der Waals surface area (Å²) in [4.78, 5) is 11.9. The van der Waals surface area contributed by atoms with Gasteiger partial charge < -0.3 is 10.1 Å². The van der Waals surface area contributed by atoms with Crippen molar-refractivity contribution in [3.8, 4) is 0 Å². The average Bonchev–Trinajstić information content (AvgIpc) is 3.13. The van der Waals surface area contributed by atoms with Crippen LogP contribution in [0.15, 0.2) is 28.7 Å². The molecule has 0 bridgehead atoms. The number of rotatable bonds is 4. The molecule has 4 heteroatoms. The minimum atomic E-state index is -0.382. The number of carbonyl (C=O) groups is 1. The lowest BCUT2D eigenvalue weighted by Gasteiger charge is -2.25. The van der Waals surface area contributed by atoms with Crippen LogP contribution in [0.5, 0.6) is 0 Å². The van der Waals surface area contributed by atoms with Gasteiger partial charge in [0, 0.05) is 10.5 Å². The highest BCUT2D eigenvalue weighted by atomic mass is 79.9. The molecule has 0 amide bonds. The molecule has 0 heterocycles. The molecule has 1 fully saturated rings. The van der Waals surface area contributed by atoms with Crippen molar-refractivity contribution in [1.82, 2.24) is 5.32 Å². The first-order valence-electron chi connectivity index (χ1n) is 5.66. The number of halogens is 1. The number of carbonyl (C=O) groups excluding carboxylic acids is 1. The van der Waals surface area contributed by atoms with Gasteiger partial charge in [0.1, 0.15) is 0 Å². The van der Waals surface area contributed by atoms with Crippen molar-refractivity contribution < 1.29 is 9.53 Å². The summed E-state index contributed by atoms with van der Waals surface area (Å²) in [5.41, 5.74) is 0.728. The van der Waals surface area contributed by atoms with E-state index in [1.807, 2.05) is 31.3 Å². The van der Waals surface area contributed by atoms with Crippen molar-refractivity contribution in [3.63, 3.8) is 0 Å². The largest absolute Gasteiger partial charge is 0.469 e. The average molecular weight is 298 g/mol. The Kier molecular flexibility index (Phi) is 3.54. The highest BCUT2D eigenvalue weighted by Gasteiger charge is 2.57. The number of hydrogen-bond donors (Lipinski definition) is 1. The third-order valence-corrected chi connectivity index (χ3v) is 4.16. The summed E-state index contributed by atoms with van der Waals surface area (Å²) in [6, 6.07) is 7.99. The first-order chi connectivity index (χ1) is 8.15. The molecule has 1 unspecified atom stereocenters. The Morgan fingerprint density at radius 2 is 2.12 bits per heavy atom. The summed E-state index contributed by atoms with van der Waals surface area (Å²) in [5, 5.41) is 3.25. The lowest BCUT2D eigenvalue weighted by molar-refractivity contribution is -0.148. The summed E-state index contributed by atoms with van der Waals surface area (Å²) in [6.07, 6.45) is 1.76. The highest BCUT2D eigenvalue weighted by Crippen LogP contribution is 2.56. The lowest BCUT2D eigenvalue weighted by Crippen LogP contribution is -2.33. The molecule has 2 rings (SSSR count). The van der Waals surface area contributed by atoms with Gasteiger partial charge in [0.25, 0.3) is 0 Å². The maximum Gasteiger partial charge on any atom is 0.313 e. The van der Waals surface area contributed by atoms with E-state index in [0.29, 0.717) is 0 Å². The van der Waals surface area contributed by atoms with Crippen LogP contribution in [0.3, 0.4) is 0 Å². The monoisotopic (exact) mass is 297 g/mol. The van der Waals surface area contributed by atoms with Crippen LogP contribution in [0, 0.1) is 5.41 Å². The molecule has 0 aliphatic heterocycles. The van der Waals surface area contributed by atoms with E-state index >= 15 is 0 Å². The van der Waals surface area contributed by atoms with Gasteiger partial charge >= 0.3 is 5.97 Å². The van der Waals surface area contributed by atoms with Crippen molar-refractivity contribution in [2.75, 3.05) is 14.2 Å². The first-order valence-corrected chi connectivity index (χ1v) is 6.45. The molecule has 1 aromatic rings. The summed E-state index contributed by atoms with van der Waals surface area (Å²) >= 11 is 3.54. The van der Waals surface area contributed by atoms with Gasteiger partial charge in [-0.2, -0.15) is 0 Å². The maximum atomic E-state index is 11.9. The molecule has 1 N–H and O–H groups in total. The van der Waals surface area contributed by atoms with Gasteiger partial charge in [0.2, 0.25) is 0 Å². The van der Waals surface area contributed by atoms with Crippen LogP contribution in [-0.4, -0.2) is 20.1 Å². The van der Waals surface area contributed by atoms with Crippen LogP contribution in [0.25, 0.3) is 0 Å². The zero-order valence-corrected chi connectivity index (χ0v) is 11.6. The van der Waals surface area contributed by atoms with Crippen LogP contribution < -0.4 is 5.32 Å². The maximum absolute atomic E-state index is 11.9. The molecule has 3 nitrogen and oxygen atoms in total. The number of benzene rings is 1. The fourth-order valence-electron chi connectivity index (χ4n) is 2.39. The second-order valence-electron chi connectivity index (χ2n) is 4.39. The second kappa shape index (κ2) is 4.78. The normalized spacial score (nSPS) is 18.5. The Morgan fingerprint density at radius 1 is 1.47 bits per heavy atom. The summed E-state index contributed by atoms with van der Waals surface area (Å²) < 4.78 is 5.95. The molecule has 1 saturated carbocycles. The van der Waals surface area contributed by atoms with Crippen molar-refractivity contribution in [2.24, 2.45) is 5.41 Å².